The molecule has 1 unspecified atom stereocenters. The quantitative estimate of drug-likeness (QED) is 0.447. The van der Waals surface area contributed by atoms with E-state index in [0.717, 1.165) is 42.7 Å². The monoisotopic (exact) mass is 489 g/mol. The average molecular weight is 490 g/mol. The fourth-order valence-electron chi connectivity index (χ4n) is 5.52. The van der Waals surface area contributed by atoms with Gasteiger partial charge in [-0.15, -0.1) is 0 Å². The standard InChI is InChI=1S/C27H35N7S/c1-32(15-11-23-5-2-3-12-28-23)19-22-20-33-16-10-21(22)17-26(33)18-29-27(35)31-24-6-8-25(9-7-24)34-14-4-13-30-34/h2-9,12-14,21-22,26H,10-11,15-20H2,1H3,(H2,29,31,35)/t21-,22-,26+/m0/s1. The molecule has 6 rings (SSSR count). The Hall–Kier alpha value is -2.81. The Labute approximate surface area is 213 Å². The highest BCUT2D eigenvalue weighted by atomic mass is 32.1. The van der Waals surface area contributed by atoms with Crippen molar-refractivity contribution >= 4 is 23.0 Å². The molecule has 3 saturated heterocycles. The highest BCUT2D eigenvalue weighted by Gasteiger charge is 2.40. The molecule has 7 nitrogen and oxygen atoms in total. The minimum atomic E-state index is 0.561. The van der Waals surface area contributed by atoms with Gasteiger partial charge in [-0.25, -0.2) is 4.68 Å². The van der Waals surface area contributed by atoms with Crippen LogP contribution in [-0.2, 0) is 6.42 Å². The molecule has 2 bridgehead atoms. The predicted molar refractivity (Wildman–Crippen MR) is 145 cm³/mol. The van der Waals surface area contributed by atoms with Gasteiger partial charge in [-0.05, 0) is 93.0 Å². The molecule has 0 radical (unpaired) electrons. The molecule has 184 valence electrons. The number of piperidine rings is 3. The van der Waals surface area contributed by atoms with Crippen molar-refractivity contribution in [1.82, 2.24) is 29.9 Å². The van der Waals surface area contributed by atoms with E-state index in [0.29, 0.717) is 11.2 Å². The summed E-state index contributed by atoms with van der Waals surface area (Å²) in [5, 5.41) is 11.7. The molecule has 3 fully saturated rings. The number of aromatic nitrogens is 3. The summed E-state index contributed by atoms with van der Waals surface area (Å²) in [5.74, 6) is 1.56. The van der Waals surface area contributed by atoms with Crippen molar-refractivity contribution in [3.8, 4) is 5.69 Å². The van der Waals surface area contributed by atoms with Gasteiger partial charge in [0.05, 0.1) is 5.69 Å². The van der Waals surface area contributed by atoms with Crippen LogP contribution in [0.2, 0.25) is 0 Å². The predicted octanol–water partition coefficient (Wildman–Crippen LogP) is 3.44. The second-order valence-electron chi connectivity index (χ2n) is 9.86. The molecule has 5 heterocycles. The second kappa shape index (κ2) is 11.3. The minimum absolute atomic E-state index is 0.561. The van der Waals surface area contributed by atoms with Gasteiger partial charge in [-0.1, -0.05) is 6.07 Å². The number of hydrogen-bond donors (Lipinski definition) is 2. The van der Waals surface area contributed by atoms with Crippen molar-refractivity contribution in [3.63, 3.8) is 0 Å². The molecule has 0 saturated carbocycles. The molecule has 0 spiro atoms. The SMILES string of the molecule is CN(CCc1ccccn1)C[C@H]1CN2CC[C@H]1C[C@@H]2CNC(=S)Nc1ccc(-n2cccn2)cc1. The number of fused-ring (bicyclic) bond motifs is 3. The lowest BCUT2D eigenvalue weighted by Crippen LogP contribution is -2.58. The van der Waals surface area contributed by atoms with Crippen molar-refractivity contribution in [2.45, 2.75) is 25.3 Å². The third kappa shape index (κ3) is 6.25. The molecule has 2 N–H and O–H groups in total. The summed E-state index contributed by atoms with van der Waals surface area (Å²) in [6, 6.07) is 16.8. The zero-order valence-electron chi connectivity index (χ0n) is 20.4. The number of benzene rings is 1. The summed E-state index contributed by atoms with van der Waals surface area (Å²) in [6.45, 7) is 5.53. The molecule has 8 heteroatoms. The number of rotatable bonds is 9. The van der Waals surface area contributed by atoms with Crippen LogP contribution in [0.5, 0.6) is 0 Å². The fourth-order valence-corrected chi connectivity index (χ4v) is 5.72. The minimum Gasteiger partial charge on any atom is -0.361 e. The lowest BCUT2D eigenvalue weighted by molar-refractivity contribution is -0.00757. The largest absolute Gasteiger partial charge is 0.361 e. The first kappa shape index (κ1) is 23.9. The number of thiocarbonyl (C=S) groups is 1. The van der Waals surface area contributed by atoms with Crippen LogP contribution in [0, 0.1) is 11.8 Å². The van der Waals surface area contributed by atoms with Crippen LogP contribution in [0.3, 0.4) is 0 Å². The first-order valence-electron chi connectivity index (χ1n) is 12.6. The van der Waals surface area contributed by atoms with Gasteiger partial charge < -0.3 is 15.5 Å². The van der Waals surface area contributed by atoms with Crippen LogP contribution in [0.1, 0.15) is 18.5 Å². The number of nitrogens with zero attached hydrogens (tertiary/aromatic N) is 5. The Balaban J connectivity index is 1.05. The summed E-state index contributed by atoms with van der Waals surface area (Å²) in [4.78, 5) is 9.62. The number of anilines is 1. The Kier molecular flexibility index (Phi) is 7.71. The van der Waals surface area contributed by atoms with Gasteiger partial charge in [0.15, 0.2) is 5.11 Å². The van der Waals surface area contributed by atoms with Gasteiger partial charge in [0.2, 0.25) is 0 Å². The van der Waals surface area contributed by atoms with Crippen LogP contribution >= 0.6 is 12.2 Å². The van der Waals surface area contributed by atoms with Gasteiger partial charge in [0, 0.05) is 68.6 Å². The van der Waals surface area contributed by atoms with Gasteiger partial charge in [0.1, 0.15) is 0 Å². The topological polar surface area (TPSA) is 61.3 Å². The Morgan fingerprint density at radius 3 is 2.74 bits per heavy atom. The van der Waals surface area contributed by atoms with Crippen molar-refractivity contribution in [1.29, 1.82) is 0 Å². The molecular formula is C27H35N7S. The highest BCUT2D eigenvalue weighted by Crippen LogP contribution is 2.36. The lowest BCUT2D eigenvalue weighted by Gasteiger charge is -2.50. The van der Waals surface area contributed by atoms with E-state index in [-0.39, 0.29) is 0 Å². The van der Waals surface area contributed by atoms with E-state index in [9.17, 15) is 0 Å². The highest BCUT2D eigenvalue weighted by molar-refractivity contribution is 7.80. The molecule has 0 aliphatic carbocycles. The van der Waals surface area contributed by atoms with Crippen molar-refractivity contribution in [3.05, 3.63) is 72.8 Å². The Morgan fingerprint density at radius 2 is 2.03 bits per heavy atom. The zero-order valence-corrected chi connectivity index (χ0v) is 21.2. The van der Waals surface area contributed by atoms with Crippen LogP contribution in [-0.4, -0.2) is 75.5 Å². The number of pyridine rings is 1. The molecule has 1 aromatic carbocycles. The van der Waals surface area contributed by atoms with Crippen LogP contribution in [0.25, 0.3) is 5.69 Å². The van der Waals surface area contributed by atoms with Crippen LogP contribution in [0.4, 0.5) is 5.69 Å². The molecule has 3 aliphatic heterocycles. The molecule has 3 aliphatic rings. The van der Waals surface area contributed by atoms with E-state index in [1.807, 2.05) is 53.5 Å². The van der Waals surface area contributed by atoms with Gasteiger partial charge >= 0.3 is 0 Å². The molecular weight excluding hydrogens is 454 g/mol. The second-order valence-corrected chi connectivity index (χ2v) is 10.3. The van der Waals surface area contributed by atoms with E-state index in [2.05, 4.69) is 49.7 Å². The average Bonchev–Trinajstić information content (AvgIpc) is 3.43. The molecule has 4 atom stereocenters. The first-order valence-corrected chi connectivity index (χ1v) is 13.0. The third-order valence-electron chi connectivity index (χ3n) is 7.43. The van der Waals surface area contributed by atoms with Crippen molar-refractivity contribution in [2.75, 3.05) is 45.1 Å². The molecule has 0 amide bonds. The summed E-state index contributed by atoms with van der Waals surface area (Å²) < 4.78 is 1.85. The van der Waals surface area contributed by atoms with Gasteiger partial charge in [0.25, 0.3) is 0 Å². The van der Waals surface area contributed by atoms with E-state index in [1.165, 1.54) is 38.2 Å². The number of nitrogens with one attached hydrogen (secondary N) is 2. The third-order valence-corrected chi connectivity index (χ3v) is 7.67. The summed E-state index contributed by atoms with van der Waals surface area (Å²) in [7, 11) is 2.26. The van der Waals surface area contributed by atoms with Crippen molar-refractivity contribution in [2.24, 2.45) is 11.8 Å². The normalized spacial score (nSPS) is 23.4. The summed E-state index contributed by atoms with van der Waals surface area (Å²) >= 11 is 5.58. The Bertz CT molecular complexity index is 1070. The molecule has 35 heavy (non-hydrogen) atoms. The number of likely N-dealkylation sites (N-methyl/N-ethyl adjacent to an activating group) is 1. The maximum atomic E-state index is 5.58. The maximum Gasteiger partial charge on any atom is 0.170 e. The van der Waals surface area contributed by atoms with Gasteiger partial charge in [-0.3, -0.25) is 9.88 Å². The lowest BCUT2D eigenvalue weighted by atomic mass is 9.75. The number of hydrogen-bond acceptors (Lipinski definition) is 5. The first-order chi connectivity index (χ1) is 17.1. The summed E-state index contributed by atoms with van der Waals surface area (Å²) in [5.41, 5.74) is 3.19. The maximum absolute atomic E-state index is 5.58. The van der Waals surface area contributed by atoms with Crippen LogP contribution < -0.4 is 10.6 Å². The van der Waals surface area contributed by atoms with Gasteiger partial charge in [-0.2, -0.15) is 5.10 Å². The van der Waals surface area contributed by atoms with E-state index in [4.69, 9.17) is 12.2 Å². The molecule has 2 aromatic heterocycles. The van der Waals surface area contributed by atoms with E-state index in [1.54, 1.807) is 6.20 Å². The van der Waals surface area contributed by atoms with Crippen molar-refractivity contribution < 1.29 is 0 Å². The fraction of sp³-hybridized carbons (Fsp3) is 0.444. The van der Waals surface area contributed by atoms with Crippen LogP contribution in [0.15, 0.2) is 67.1 Å². The zero-order chi connectivity index (χ0) is 24.0. The summed E-state index contributed by atoms with van der Waals surface area (Å²) in [6.07, 6.45) is 9.20. The van der Waals surface area contributed by atoms with E-state index >= 15 is 0 Å². The smallest absolute Gasteiger partial charge is 0.170 e. The Morgan fingerprint density at radius 1 is 1.14 bits per heavy atom. The molecule has 3 aromatic rings. The van der Waals surface area contributed by atoms with E-state index < -0.39 is 0 Å².